The van der Waals surface area contributed by atoms with Gasteiger partial charge in [-0.05, 0) is 31.5 Å². The van der Waals surface area contributed by atoms with Crippen molar-refractivity contribution in [3.63, 3.8) is 0 Å². The smallest absolute Gasteiger partial charge is 0.320 e. The first-order chi connectivity index (χ1) is 13.6. The van der Waals surface area contributed by atoms with E-state index in [1.54, 1.807) is 0 Å². The maximum atomic E-state index is 13.2. The number of carbonyl (C=O) groups is 1. The lowest BCUT2D eigenvalue weighted by Gasteiger charge is -2.30. The second-order valence-electron chi connectivity index (χ2n) is 6.85. The Bertz CT molecular complexity index is 897. The van der Waals surface area contributed by atoms with E-state index >= 15 is 0 Å². The Morgan fingerprint density at radius 1 is 1.38 bits per heavy atom. The third kappa shape index (κ3) is 5.39. The van der Waals surface area contributed by atoms with Crippen LogP contribution in [0.5, 0.6) is 0 Å². The Labute approximate surface area is 167 Å². The quantitative estimate of drug-likeness (QED) is 0.319. The highest BCUT2D eigenvalue weighted by Crippen LogP contribution is 2.26. The van der Waals surface area contributed by atoms with Gasteiger partial charge in [-0.2, -0.15) is 0 Å². The van der Waals surface area contributed by atoms with Crippen molar-refractivity contribution in [2.45, 2.75) is 32.1 Å². The molecule has 1 aromatic carbocycles. The summed E-state index contributed by atoms with van der Waals surface area (Å²) in [6.45, 7) is 2.49. The molecule has 1 atom stereocenters. The Morgan fingerprint density at radius 2 is 2.00 bits per heavy atom. The molecule has 0 bridgehead atoms. The predicted molar refractivity (Wildman–Crippen MR) is 106 cm³/mol. The topological polar surface area (TPSA) is 154 Å². The molecule has 1 aromatic heterocycles. The first-order valence-corrected chi connectivity index (χ1v) is 8.65. The molecule has 2 amide bonds. The first-order valence-electron chi connectivity index (χ1n) is 8.65. The fourth-order valence-corrected chi connectivity index (χ4v) is 2.77. The highest BCUT2D eigenvalue weighted by Gasteiger charge is 2.30. The number of carbonyl (C=O) groups excluding carboxylic acids is 1. The van der Waals surface area contributed by atoms with Gasteiger partial charge in [0.25, 0.3) is 0 Å². The van der Waals surface area contributed by atoms with Crippen molar-refractivity contribution in [1.29, 1.82) is 5.41 Å². The molecule has 7 N–H and O–H groups in total. The minimum absolute atomic E-state index is 0.0327. The molecule has 9 nitrogen and oxygen atoms in total. The maximum absolute atomic E-state index is 13.2. The van der Waals surface area contributed by atoms with Crippen LogP contribution in [-0.4, -0.2) is 39.8 Å². The van der Waals surface area contributed by atoms with Gasteiger partial charge in [-0.3, -0.25) is 10.7 Å². The van der Waals surface area contributed by atoms with Crippen LogP contribution in [0.25, 0.3) is 0 Å². The van der Waals surface area contributed by atoms with Crippen molar-refractivity contribution in [3.05, 3.63) is 53.0 Å². The van der Waals surface area contributed by atoms with Crippen molar-refractivity contribution >= 4 is 23.4 Å². The van der Waals surface area contributed by atoms with Gasteiger partial charge >= 0.3 is 6.03 Å². The molecule has 0 aliphatic heterocycles. The van der Waals surface area contributed by atoms with Crippen LogP contribution >= 0.6 is 0 Å². The van der Waals surface area contributed by atoms with Gasteiger partial charge in [0.2, 0.25) is 5.90 Å². The Morgan fingerprint density at radius 3 is 2.52 bits per heavy atom. The van der Waals surface area contributed by atoms with Crippen LogP contribution in [0.1, 0.15) is 36.7 Å². The van der Waals surface area contributed by atoms with E-state index in [1.807, 2.05) is 0 Å². The lowest BCUT2D eigenvalue weighted by molar-refractivity contribution is 0.0415. The lowest BCUT2D eigenvalue weighted by atomic mass is 9.92. The molecule has 0 radical (unpaired) electrons. The van der Waals surface area contributed by atoms with E-state index in [1.165, 1.54) is 51.3 Å². The van der Waals surface area contributed by atoms with Gasteiger partial charge in [0.15, 0.2) is 0 Å². The molecule has 2 rings (SSSR count). The van der Waals surface area contributed by atoms with Crippen LogP contribution in [0, 0.1) is 11.2 Å². The number of benzene rings is 1. The second-order valence-corrected chi connectivity index (χ2v) is 6.85. The number of rotatable bonds is 6. The average Bonchev–Trinajstić information content (AvgIpc) is 2.65. The summed E-state index contributed by atoms with van der Waals surface area (Å²) in [6, 6.07) is 5.15. The van der Waals surface area contributed by atoms with Crippen molar-refractivity contribution in [1.82, 2.24) is 10.3 Å². The van der Waals surface area contributed by atoms with E-state index in [0.29, 0.717) is 5.56 Å². The van der Waals surface area contributed by atoms with Crippen LogP contribution in [-0.2, 0) is 11.3 Å². The van der Waals surface area contributed by atoms with Crippen molar-refractivity contribution in [3.8, 4) is 0 Å². The van der Waals surface area contributed by atoms with E-state index in [0.717, 1.165) is 0 Å². The molecule has 0 unspecified atom stereocenters. The number of aromatic nitrogens is 1. The summed E-state index contributed by atoms with van der Waals surface area (Å²) in [5.74, 6) is -0.676. The molecule has 0 spiro atoms. The maximum Gasteiger partial charge on any atom is 0.320 e. The molecule has 29 heavy (non-hydrogen) atoms. The SMILES string of the molecule is COC(=N)c1c(N)cc(NC(=O)N[C@@H](c2ccc(F)cc2)C(C)(C)O)nc1CO. The normalized spacial score (nSPS) is 12.2. The molecule has 0 fully saturated rings. The number of urea groups is 1. The van der Waals surface area contributed by atoms with Crippen molar-refractivity contribution in [2.24, 2.45) is 0 Å². The first kappa shape index (κ1) is 22.1. The highest BCUT2D eigenvalue weighted by atomic mass is 19.1. The monoisotopic (exact) mass is 405 g/mol. The number of nitrogens with one attached hydrogen (secondary N) is 3. The number of methoxy groups -OCH3 is 1. The number of hydrogen-bond acceptors (Lipinski definition) is 7. The van der Waals surface area contributed by atoms with Gasteiger partial charge in [0.1, 0.15) is 11.6 Å². The minimum atomic E-state index is -1.35. The van der Waals surface area contributed by atoms with Gasteiger partial charge in [-0.25, -0.2) is 14.2 Å². The number of aliphatic hydroxyl groups is 2. The van der Waals surface area contributed by atoms with E-state index in [4.69, 9.17) is 15.9 Å². The number of nitrogens with two attached hydrogens (primary N) is 1. The van der Waals surface area contributed by atoms with Gasteiger partial charge in [0.05, 0.1) is 36.6 Å². The molecule has 1 heterocycles. The molecule has 10 heteroatoms. The summed E-state index contributed by atoms with van der Waals surface area (Å²) in [6.07, 6.45) is 0. The Balaban J connectivity index is 2.25. The van der Waals surface area contributed by atoms with E-state index < -0.39 is 30.1 Å². The summed E-state index contributed by atoms with van der Waals surface area (Å²) in [4.78, 5) is 16.6. The standard InChI is InChI=1S/C19H24FN5O4/c1-19(2,28)16(10-4-6-11(20)7-5-10)25-18(27)24-14-8-12(21)15(17(22)29-3)13(9-26)23-14/h4-8,16,22,26,28H,9H2,1-3H3,(H4,21,23,24,25,27)/t16-/m0/s1. The van der Waals surface area contributed by atoms with Gasteiger partial charge in [-0.15, -0.1) is 0 Å². The fraction of sp³-hybridized carbons (Fsp3) is 0.316. The number of amides is 2. The molecular formula is C19H24FN5O4. The average molecular weight is 405 g/mol. The number of nitrogens with zero attached hydrogens (tertiary/aromatic N) is 1. The van der Waals surface area contributed by atoms with Gasteiger partial charge in [-0.1, -0.05) is 12.1 Å². The number of ether oxygens (including phenoxy) is 1. The van der Waals surface area contributed by atoms with Gasteiger partial charge in [0, 0.05) is 11.8 Å². The number of nitrogen functional groups attached to an aromatic ring is 1. The van der Waals surface area contributed by atoms with Crippen LogP contribution < -0.4 is 16.4 Å². The van der Waals surface area contributed by atoms with E-state index in [2.05, 4.69) is 15.6 Å². The predicted octanol–water partition coefficient (Wildman–Crippen LogP) is 1.90. The molecule has 2 aromatic rings. The fourth-order valence-electron chi connectivity index (χ4n) is 2.77. The molecule has 0 aliphatic carbocycles. The summed E-state index contributed by atoms with van der Waals surface area (Å²) in [5, 5.41) is 32.8. The molecular weight excluding hydrogens is 381 g/mol. The van der Waals surface area contributed by atoms with E-state index in [9.17, 15) is 19.4 Å². The summed E-state index contributed by atoms with van der Waals surface area (Å²) < 4.78 is 18.0. The third-order valence-electron chi connectivity index (χ3n) is 4.13. The molecule has 0 saturated heterocycles. The number of anilines is 2. The van der Waals surface area contributed by atoms with Gasteiger partial charge < -0.3 is 26.0 Å². The van der Waals surface area contributed by atoms with Crippen molar-refractivity contribution in [2.75, 3.05) is 18.2 Å². The largest absolute Gasteiger partial charge is 0.481 e. The second kappa shape index (κ2) is 8.84. The molecule has 0 saturated carbocycles. The van der Waals surface area contributed by atoms with Crippen LogP contribution in [0.4, 0.5) is 20.7 Å². The van der Waals surface area contributed by atoms with Crippen LogP contribution in [0.2, 0.25) is 0 Å². The Hall–Kier alpha value is -3.24. The number of halogens is 1. The zero-order valence-electron chi connectivity index (χ0n) is 16.3. The van der Waals surface area contributed by atoms with Crippen LogP contribution in [0.15, 0.2) is 30.3 Å². The summed E-state index contributed by atoms with van der Waals surface area (Å²) in [5.41, 5.74) is 5.33. The highest BCUT2D eigenvalue weighted by molar-refractivity contribution is 5.99. The zero-order valence-corrected chi connectivity index (χ0v) is 16.3. The summed E-state index contributed by atoms with van der Waals surface area (Å²) in [7, 11) is 1.29. The molecule has 156 valence electrons. The lowest BCUT2D eigenvalue weighted by Crippen LogP contribution is -2.44. The minimum Gasteiger partial charge on any atom is -0.481 e. The zero-order chi connectivity index (χ0) is 21.8. The Kier molecular flexibility index (Phi) is 6.72. The number of hydrogen-bond donors (Lipinski definition) is 6. The number of aliphatic hydroxyl groups excluding tert-OH is 1. The number of pyridine rings is 1. The van der Waals surface area contributed by atoms with Crippen molar-refractivity contribution < 1.29 is 24.1 Å². The third-order valence-corrected chi connectivity index (χ3v) is 4.13. The summed E-state index contributed by atoms with van der Waals surface area (Å²) >= 11 is 0. The van der Waals surface area contributed by atoms with Crippen LogP contribution in [0.3, 0.4) is 0 Å². The van der Waals surface area contributed by atoms with E-state index in [-0.39, 0.29) is 28.7 Å². The molecule has 0 aliphatic rings.